The van der Waals surface area contributed by atoms with Gasteiger partial charge in [0.25, 0.3) is 0 Å². The monoisotopic (exact) mass is 382 g/mol. The van der Waals surface area contributed by atoms with Gasteiger partial charge in [-0.25, -0.2) is 4.98 Å². The first kappa shape index (κ1) is 19.4. The highest BCUT2D eigenvalue weighted by Gasteiger charge is 2.31. The average molecular weight is 382 g/mol. The van der Waals surface area contributed by atoms with Crippen LogP contribution in [0.2, 0.25) is 0 Å². The second-order valence-corrected chi connectivity index (χ2v) is 6.58. The number of hydrogen-bond acceptors (Lipinski definition) is 2. The Morgan fingerprint density at radius 1 is 1.18 bits per heavy atom. The molecule has 0 aliphatic rings. The van der Waals surface area contributed by atoms with E-state index >= 15 is 0 Å². The van der Waals surface area contributed by atoms with Crippen LogP contribution in [-0.4, -0.2) is 15.3 Å². The summed E-state index contributed by atoms with van der Waals surface area (Å²) in [4.78, 5) is 16.7. The molecule has 0 aliphatic carbocycles. The van der Waals surface area contributed by atoms with Gasteiger partial charge in [0.15, 0.2) is 5.78 Å². The molecule has 0 spiro atoms. The number of terminal acetylenes is 1. The van der Waals surface area contributed by atoms with Gasteiger partial charge in [-0.05, 0) is 49.2 Å². The Kier molecular flexibility index (Phi) is 5.10. The van der Waals surface area contributed by atoms with Gasteiger partial charge in [0.2, 0.25) is 0 Å². The van der Waals surface area contributed by atoms with E-state index in [1.807, 2.05) is 6.92 Å². The van der Waals surface area contributed by atoms with Crippen LogP contribution in [0.3, 0.4) is 0 Å². The van der Waals surface area contributed by atoms with Gasteiger partial charge in [0.1, 0.15) is 0 Å². The van der Waals surface area contributed by atoms with Gasteiger partial charge >= 0.3 is 6.18 Å². The van der Waals surface area contributed by atoms with Crippen molar-refractivity contribution in [1.29, 1.82) is 0 Å². The molecule has 0 unspecified atom stereocenters. The number of alkyl halides is 3. The first-order valence-corrected chi connectivity index (χ1v) is 8.50. The minimum Gasteiger partial charge on any atom is -0.306 e. The number of ketones is 1. The van der Waals surface area contributed by atoms with Gasteiger partial charge in [-0.1, -0.05) is 18.1 Å². The zero-order valence-corrected chi connectivity index (χ0v) is 15.3. The van der Waals surface area contributed by atoms with Gasteiger partial charge < -0.3 is 4.57 Å². The van der Waals surface area contributed by atoms with Crippen LogP contribution in [0.4, 0.5) is 13.2 Å². The van der Waals surface area contributed by atoms with Crippen molar-refractivity contribution in [3.8, 4) is 18.0 Å². The Balaban J connectivity index is 1.99. The van der Waals surface area contributed by atoms with Crippen molar-refractivity contribution in [3.05, 3.63) is 82.4 Å². The Labute approximate surface area is 160 Å². The summed E-state index contributed by atoms with van der Waals surface area (Å²) in [6, 6.07) is 8.55. The molecule has 3 aromatic rings. The third-order valence-corrected chi connectivity index (χ3v) is 4.39. The van der Waals surface area contributed by atoms with Crippen LogP contribution >= 0.6 is 0 Å². The van der Waals surface area contributed by atoms with Crippen LogP contribution in [0.5, 0.6) is 0 Å². The third-order valence-electron chi connectivity index (χ3n) is 4.39. The lowest BCUT2D eigenvalue weighted by Crippen LogP contribution is -2.10. The van der Waals surface area contributed by atoms with E-state index in [9.17, 15) is 18.0 Å². The van der Waals surface area contributed by atoms with E-state index in [2.05, 4.69) is 10.9 Å². The summed E-state index contributed by atoms with van der Waals surface area (Å²) >= 11 is 0. The molecule has 3 nitrogen and oxygen atoms in total. The molecule has 0 saturated carbocycles. The summed E-state index contributed by atoms with van der Waals surface area (Å²) in [7, 11) is 0. The zero-order valence-electron chi connectivity index (χ0n) is 15.3. The molecule has 0 amide bonds. The fourth-order valence-corrected chi connectivity index (χ4v) is 2.89. The van der Waals surface area contributed by atoms with Crippen molar-refractivity contribution >= 4 is 5.78 Å². The summed E-state index contributed by atoms with van der Waals surface area (Å²) < 4.78 is 41.5. The number of carbonyl (C=O) groups is 1. The Hall–Kier alpha value is -3.33. The number of aryl methyl sites for hydroxylation is 2. The first-order chi connectivity index (χ1) is 13.2. The molecule has 28 heavy (non-hydrogen) atoms. The van der Waals surface area contributed by atoms with Crippen LogP contribution in [0.1, 0.15) is 38.3 Å². The van der Waals surface area contributed by atoms with Gasteiger partial charge in [-0.2, -0.15) is 13.2 Å². The molecule has 0 aliphatic heterocycles. The minimum atomic E-state index is -4.52. The molecule has 1 aromatic heterocycles. The highest BCUT2D eigenvalue weighted by atomic mass is 19.4. The molecule has 0 N–H and O–H groups in total. The standard InChI is InChI=1S/C22H17F3N2O/c1-4-17-10-18(6-5-14(17)2)21(28)9-16-7-19(22(23,24)25)11-20(8-16)27-12-15(3)26-13-27/h1,5-8,10-13H,9H2,2-3H3. The fraction of sp³-hybridized carbons (Fsp3) is 0.182. The SMILES string of the molecule is C#Cc1cc(C(=O)Cc2cc(-n3cnc(C)c3)cc(C(F)(F)F)c2)ccc1C. The number of benzene rings is 2. The van der Waals surface area contributed by atoms with Crippen LogP contribution in [-0.2, 0) is 12.6 Å². The molecule has 0 bridgehead atoms. The van der Waals surface area contributed by atoms with Gasteiger partial charge in [-0.3, -0.25) is 4.79 Å². The van der Waals surface area contributed by atoms with Gasteiger partial charge in [0, 0.05) is 29.4 Å². The van der Waals surface area contributed by atoms with Crippen molar-refractivity contribution in [2.75, 3.05) is 0 Å². The van der Waals surface area contributed by atoms with E-state index in [0.717, 1.165) is 17.7 Å². The largest absolute Gasteiger partial charge is 0.416 e. The summed E-state index contributed by atoms with van der Waals surface area (Å²) in [6.07, 6.45) is 3.80. The fourth-order valence-electron chi connectivity index (χ4n) is 2.89. The van der Waals surface area contributed by atoms with Crippen molar-refractivity contribution in [1.82, 2.24) is 9.55 Å². The van der Waals surface area contributed by atoms with E-state index < -0.39 is 11.7 Å². The van der Waals surface area contributed by atoms with E-state index in [-0.39, 0.29) is 17.8 Å². The highest BCUT2D eigenvalue weighted by Crippen LogP contribution is 2.32. The molecule has 0 radical (unpaired) electrons. The molecule has 6 heteroatoms. The summed E-state index contributed by atoms with van der Waals surface area (Å²) in [6.45, 7) is 3.57. The summed E-state index contributed by atoms with van der Waals surface area (Å²) in [5, 5.41) is 0. The number of Topliss-reactive ketones (excluding diaryl/α,β-unsaturated/α-hetero) is 1. The topological polar surface area (TPSA) is 34.9 Å². The smallest absolute Gasteiger partial charge is 0.306 e. The predicted octanol–water partition coefficient (Wildman–Crippen LogP) is 4.91. The minimum absolute atomic E-state index is 0.169. The van der Waals surface area contributed by atoms with Crippen molar-refractivity contribution in [2.45, 2.75) is 26.4 Å². The van der Waals surface area contributed by atoms with Crippen LogP contribution in [0.25, 0.3) is 5.69 Å². The van der Waals surface area contributed by atoms with Crippen molar-refractivity contribution in [3.63, 3.8) is 0 Å². The van der Waals surface area contributed by atoms with E-state index in [0.29, 0.717) is 22.5 Å². The van der Waals surface area contributed by atoms with Crippen LogP contribution < -0.4 is 0 Å². The second-order valence-electron chi connectivity index (χ2n) is 6.58. The van der Waals surface area contributed by atoms with E-state index in [1.54, 1.807) is 37.4 Å². The Morgan fingerprint density at radius 2 is 1.93 bits per heavy atom. The second kappa shape index (κ2) is 7.35. The van der Waals surface area contributed by atoms with Gasteiger partial charge in [0.05, 0.1) is 17.6 Å². The van der Waals surface area contributed by atoms with Crippen LogP contribution in [0.15, 0.2) is 48.9 Å². The van der Waals surface area contributed by atoms with E-state index in [1.165, 1.54) is 10.9 Å². The Bertz CT molecular complexity index is 1090. The lowest BCUT2D eigenvalue weighted by atomic mass is 9.97. The number of rotatable bonds is 4. The number of halogens is 3. The molecular weight excluding hydrogens is 365 g/mol. The molecule has 2 aromatic carbocycles. The van der Waals surface area contributed by atoms with Crippen molar-refractivity contribution < 1.29 is 18.0 Å². The highest BCUT2D eigenvalue weighted by molar-refractivity contribution is 5.98. The number of carbonyl (C=O) groups excluding carboxylic acids is 1. The molecule has 3 rings (SSSR count). The molecule has 142 valence electrons. The quantitative estimate of drug-likeness (QED) is 0.474. The maximum Gasteiger partial charge on any atom is 0.416 e. The molecule has 0 atom stereocenters. The zero-order chi connectivity index (χ0) is 20.5. The summed E-state index contributed by atoms with van der Waals surface area (Å²) in [5.41, 5.74) is 2.25. The molecule has 1 heterocycles. The van der Waals surface area contributed by atoms with Gasteiger partial charge in [-0.15, -0.1) is 6.42 Å². The number of aromatic nitrogens is 2. The maximum atomic E-state index is 13.3. The maximum absolute atomic E-state index is 13.3. The number of imidazole rings is 1. The lowest BCUT2D eigenvalue weighted by molar-refractivity contribution is -0.137. The average Bonchev–Trinajstić information content (AvgIpc) is 3.07. The van der Waals surface area contributed by atoms with Crippen molar-refractivity contribution in [2.24, 2.45) is 0 Å². The molecule has 0 fully saturated rings. The number of nitrogens with zero attached hydrogens (tertiary/aromatic N) is 2. The molecule has 0 saturated heterocycles. The normalized spacial score (nSPS) is 11.3. The summed E-state index contributed by atoms with van der Waals surface area (Å²) in [5.74, 6) is 2.20. The third kappa shape index (κ3) is 4.15. The number of hydrogen-bond donors (Lipinski definition) is 0. The first-order valence-electron chi connectivity index (χ1n) is 8.50. The lowest BCUT2D eigenvalue weighted by Gasteiger charge is -2.13. The molecular formula is C22H17F3N2O. The van der Waals surface area contributed by atoms with E-state index in [4.69, 9.17) is 6.42 Å². The Morgan fingerprint density at radius 3 is 2.54 bits per heavy atom. The predicted molar refractivity (Wildman–Crippen MR) is 100 cm³/mol. The van der Waals surface area contributed by atoms with Crippen LogP contribution in [0, 0.1) is 26.2 Å².